The minimum Gasteiger partial charge on any atom is -0.384 e. The Morgan fingerprint density at radius 3 is 2.48 bits per heavy atom. The fourth-order valence-electron chi connectivity index (χ4n) is 2.87. The zero-order valence-electron chi connectivity index (χ0n) is 11.5. The molecule has 2 aromatic rings. The Hall–Kier alpha value is -1.60. The summed E-state index contributed by atoms with van der Waals surface area (Å²) in [5.74, 6) is -0.698. The molecule has 2 heterocycles. The second kappa shape index (κ2) is 5.49. The Kier molecular flexibility index (Phi) is 3.88. The van der Waals surface area contributed by atoms with E-state index in [4.69, 9.17) is 11.6 Å². The molecule has 0 aliphatic carbocycles. The van der Waals surface area contributed by atoms with Crippen molar-refractivity contribution < 1.29 is 27.1 Å². The van der Waals surface area contributed by atoms with Crippen LogP contribution in [-0.2, 0) is 12.7 Å². The average molecular weight is 352 g/mol. The summed E-state index contributed by atoms with van der Waals surface area (Å²) < 4.78 is 68.0. The van der Waals surface area contributed by atoms with Gasteiger partial charge in [-0.15, -0.1) is 0 Å². The van der Waals surface area contributed by atoms with Crippen molar-refractivity contribution in [3.63, 3.8) is 0 Å². The van der Waals surface area contributed by atoms with Gasteiger partial charge in [0.1, 0.15) is 18.1 Å². The van der Waals surface area contributed by atoms with E-state index in [9.17, 15) is 27.1 Å². The topological polar surface area (TPSA) is 25.2 Å². The van der Waals surface area contributed by atoms with E-state index in [0.717, 1.165) is 18.2 Å². The average Bonchev–Trinajstić information content (AvgIpc) is 2.82. The van der Waals surface area contributed by atoms with Gasteiger partial charge in [-0.2, -0.15) is 13.2 Å². The number of aliphatic hydroxyl groups is 1. The molecule has 1 aliphatic rings. The number of alkyl halides is 4. The van der Waals surface area contributed by atoms with Gasteiger partial charge >= 0.3 is 6.18 Å². The molecule has 0 saturated heterocycles. The minimum atomic E-state index is -4.76. The molecule has 1 aliphatic heterocycles. The molecule has 0 radical (unpaired) electrons. The Morgan fingerprint density at radius 1 is 1.17 bits per heavy atom. The second-order valence-corrected chi connectivity index (χ2v) is 5.82. The first-order valence-corrected chi connectivity index (χ1v) is 7.15. The number of halogens is 6. The van der Waals surface area contributed by atoms with Crippen LogP contribution in [0.5, 0.6) is 0 Å². The fraction of sp³-hybridized carbons (Fsp3) is 0.333. The van der Waals surface area contributed by atoms with Crippen molar-refractivity contribution in [1.82, 2.24) is 4.57 Å². The third kappa shape index (κ3) is 2.83. The predicted molar refractivity (Wildman–Crippen MR) is 74.3 cm³/mol. The number of aromatic nitrogens is 1. The van der Waals surface area contributed by atoms with Crippen LogP contribution in [-0.4, -0.2) is 15.8 Å². The SMILES string of the molecule is OC1c2c(C(F)(F)F)cc(-c3cc(F)cc(Cl)c3)n2CCC1F. The van der Waals surface area contributed by atoms with Crippen molar-refractivity contribution in [2.75, 3.05) is 0 Å². The number of aliphatic hydroxyl groups excluding tert-OH is 1. The molecule has 3 rings (SSSR count). The maximum atomic E-state index is 13.7. The lowest BCUT2D eigenvalue weighted by atomic mass is 10.0. The van der Waals surface area contributed by atoms with Crippen molar-refractivity contribution >= 4 is 11.6 Å². The Bertz CT molecular complexity index is 735. The van der Waals surface area contributed by atoms with Gasteiger partial charge in [0.2, 0.25) is 0 Å². The highest BCUT2D eigenvalue weighted by atomic mass is 35.5. The summed E-state index contributed by atoms with van der Waals surface area (Å²) in [7, 11) is 0. The van der Waals surface area contributed by atoms with E-state index in [2.05, 4.69) is 0 Å². The molecule has 0 amide bonds. The van der Waals surface area contributed by atoms with E-state index >= 15 is 0 Å². The van der Waals surface area contributed by atoms with E-state index < -0.39 is 35.5 Å². The zero-order chi connectivity index (χ0) is 16.9. The van der Waals surface area contributed by atoms with Gasteiger partial charge < -0.3 is 9.67 Å². The lowest BCUT2D eigenvalue weighted by molar-refractivity contribution is -0.140. The first-order valence-electron chi connectivity index (χ1n) is 6.77. The highest BCUT2D eigenvalue weighted by molar-refractivity contribution is 6.30. The highest BCUT2D eigenvalue weighted by Crippen LogP contribution is 2.43. The van der Waals surface area contributed by atoms with Crippen LogP contribution >= 0.6 is 11.6 Å². The summed E-state index contributed by atoms with van der Waals surface area (Å²) >= 11 is 5.75. The van der Waals surface area contributed by atoms with E-state index in [-0.39, 0.29) is 29.2 Å². The van der Waals surface area contributed by atoms with E-state index in [1.54, 1.807) is 0 Å². The summed E-state index contributed by atoms with van der Waals surface area (Å²) in [4.78, 5) is 0. The number of benzene rings is 1. The van der Waals surface area contributed by atoms with Crippen LogP contribution in [0.2, 0.25) is 5.02 Å². The molecule has 0 bridgehead atoms. The van der Waals surface area contributed by atoms with E-state index in [1.165, 1.54) is 10.6 Å². The largest absolute Gasteiger partial charge is 0.418 e. The van der Waals surface area contributed by atoms with Gasteiger partial charge in [-0.1, -0.05) is 11.6 Å². The molecule has 2 atom stereocenters. The minimum absolute atomic E-state index is 0.0313. The number of rotatable bonds is 1. The van der Waals surface area contributed by atoms with Crippen LogP contribution in [0.3, 0.4) is 0 Å². The first-order chi connectivity index (χ1) is 10.7. The highest BCUT2D eigenvalue weighted by Gasteiger charge is 2.42. The normalized spacial score (nSPS) is 21.3. The molecule has 0 spiro atoms. The number of nitrogens with zero attached hydrogens (tertiary/aromatic N) is 1. The van der Waals surface area contributed by atoms with Crippen LogP contribution in [0.4, 0.5) is 22.0 Å². The Balaban J connectivity index is 2.25. The maximum absolute atomic E-state index is 13.7. The van der Waals surface area contributed by atoms with Crippen LogP contribution < -0.4 is 0 Å². The molecule has 0 saturated carbocycles. The number of hydrogen-bond acceptors (Lipinski definition) is 1. The quantitative estimate of drug-likeness (QED) is 0.737. The van der Waals surface area contributed by atoms with Gasteiger partial charge in [0.25, 0.3) is 0 Å². The number of hydrogen-bond donors (Lipinski definition) is 1. The van der Waals surface area contributed by atoms with E-state index in [0.29, 0.717) is 0 Å². The molecule has 1 N–H and O–H groups in total. The number of fused-ring (bicyclic) bond motifs is 1. The van der Waals surface area contributed by atoms with Gasteiger partial charge in [-0.3, -0.25) is 0 Å². The maximum Gasteiger partial charge on any atom is 0.418 e. The van der Waals surface area contributed by atoms with Gasteiger partial charge in [-0.05, 0) is 30.7 Å². The van der Waals surface area contributed by atoms with Crippen LogP contribution in [0.25, 0.3) is 11.3 Å². The van der Waals surface area contributed by atoms with Crippen molar-refractivity contribution in [3.05, 3.63) is 46.4 Å². The molecular formula is C15H11ClF5NO. The first kappa shape index (κ1) is 16.3. The van der Waals surface area contributed by atoms with Crippen LogP contribution in [0, 0.1) is 5.82 Å². The smallest absolute Gasteiger partial charge is 0.384 e. The Labute approximate surface area is 133 Å². The standard InChI is InChI=1S/C15H11ClF5NO/c16-8-3-7(4-9(17)5-8)12-6-10(15(19,20)21)13-14(23)11(18)1-2-22(12)13/h3-6,11,14,23H,1-2H2. The molecule has 2 nitrogen and oxygen atoms in total. The molecule has 2 unspecified atom stereocenters. The fourth-order valence-corrected chi connectivity index (χ4v) is 3.09. The Morgan fingerprint density at radius 2 is 1.87 bits per heavy atom. The summed E-state index contributed by atoms with van der Waals surface area (Å²) in [6.45, 7) is -0.0485. The molecule has 8 heteroatoms. The third-order valence-corrected chi connectivity index (χ3v) is 4.07. The lowest BCUT2D eigenvalue weighted by Crippen LogP contribution is -2.28. The summed E-state index contributed by atoms with van der Waals surface area (Å²) in [6, 6.07) is 4.19. The molecule has 124 valence electrons. The van der Waals surface area contributed by atoms with E-state index in [1.807, 2.05) is 0 Å². The molecule has 1 aromatic heterocycles. The van der Waals surface area contributed by atoms with Crippen molar-refractivity contribution in [3.8, 4) is 11.3 Å². The lowest BCUT2D eigenvalue weighted by Gasteiger charge is -2.27. The van der Waals surface area contributed by atoms with Crippen molar-refractivity contribution in [2.24, 2.45) is 0 Å². The van der Waals surface area contributed by atoms with Gasteiger partial charge in [0.15, 0.2) is 0 Å². The summed E-state index contributed by atoms with van der Waals surface area (Å²) in [5.41, 5.74) is -1.48. The molecular weight excluding hydrogens is 341 g/mol. The second-order valence-electron chi connectivity index (χ2n) is 5.39. The molecule has 0 fully saturated rings. The van der Waals surface area contributed by atoms with Crippen LogP contribution in [0.1, 0.15) is 23.8 Å². The van der Waals surface area contributed by atoms with Gasteiger partial charge in [-0.25, -0.2) is 8.78 Å². The third-order valence-electron chi connectivity index (χ3n) is 3.85. The zero-order valence-corrected chi connectivity index (χ0v) is 12.3. The monoisotopic (exact) mass is 351 g/mol. The van der Waals surface area contributed by atoms with Crippen molar-refractivity contribution in [2.45, 2.75) is 31.4 Å². The van der Waals surface area contributed by atoms with Crippen molar-refractivity contribution in [1.29, 1.82) is 0 Å². The van der Waals surface area contributed by atoms with Gasteiger partial charge in [0.05, 0.1) is 11.3 Å². The van der Waals surface area contributed by atoms with Gasteiger partial charge in [0, 0.05) is 22.8 Å². The summed E-state index contributed by atoms with van der Waals surface area (Å²) in [6.07, 6.45) is -8.54. The molecule has 23 heavy (non-hydrogen) atoms. The summed E-state index contributed by atoms with van der Waals surface area (Å²) in [5, 5.41) is 9.88. The predicted octanol–water partition coefficient (Wildman–Crippen LogP) is 4.74. The van der Waals surface area contributed by atoms with Crippen LogP contribution in [0.15, 0.2) is 24.3 Å². The molecule has 1 aromatic carbocycles.